The van der Waals surface area contributed by atoms with Gasteiger partial charge in [0.05, 0.1) is 6.54 Å². The number of nitrogens with one attached hydrogen (secondary N) is 2. The Morgan fingerprint density at radius 3 is 2.09 bits per heavy atom. The second-order valence-electron chi connectivity index (χ2n) is 7.53. The van der Waals surface area contributed by atoms with E-state index in [1.54, 1.807) is 13.8 Å². The molecule has 0 saturated heterocycles. The van der Waals surface area contributed by atoms with Crippen LogP contribution in [-0.4, -0.2) is 41.8 Å². The van der Waals surface area contributed by atoms with E-state index in [4.69, 9.17) is 9.84 Å². The molecule has 0 bridgehead atoms. The van der Waals surface area contributed by atoms with Crippen LogP contribution in [0.4, 0.5) is 4.79 Å². The van der Waals surface area contributed by atoms with Gasteiger partial charge in [0.25, 0.3) is 0 Å². The first-order valence-corrected chi connectivity index (χ1v) is 10.5. The predicted molar refractivity (Wildman–Crippen MR) is 120 cm³/mol. The average molecular weight is 434 g/mol. The molecular formula is C25H26N2O5. The number of carbonyl (C=O) groups is 3. The summed E-state index contributed by atoms with van der Waals surface area (Å²) in [5, 5.41) is 13.8. The highest BCUT2D eigenvalue weighted by atomic mass is 16.5. The molecule has 0 heterocycles. The maximum absolute atomic E-state index is 12.7. The van der Waals surface area contributed by atoms with Crippen molar-refractivity contribution in [2.24, 2.45) is 0 Å². The molecule has 3 N–H and O–H groups in total. The Kier molecular flexibility index (Phi) is 7.16. The minimum absolute atomic E-state index is 0.0778. The first-order chi connectivity index (χ1) is 15.4. The highest BCUT2D eigenvalue weighted by Gasteiger charge is 2.37. The van der Waals surface area contributed by atoms with Gasteiger partial charge in [0.1, 0.15) is 12.1 Å². The molecule has 0 aliphatic heterocycles. The Morgan fingerprint density at radius 1 is 1.00 bits per heavy atom. The van der Waals surface area contributed by atoms with Gasteiger partial charge in [-0.15, -0.1) is 0 Å². The summed E-state index contributed by atoms with van der Waals surface area (Å²) in [4.78, 5) is 35.8. The van der Waals surface area contributed by atoms with Crippen LogP contribution in [0.15, 0.2) is 48.5 Å². The van der Waals surface area contributed by atoms with Gasteiger partial charge in [-0.05, 0) is 35.1 Å². The zero-order valence-electron chi connectivity index (χ0n) is 18.1. The Hall–Kier alpha value is -3.79. The standard InChI is InChI=1S/C25H26N2O5/c1-3-25(4-2,23(30)26-15-9-14-22(28)29)27-24(31)32-16-21-19-12-7-5-10-17(19)18-11-6-8-13-20(18)21/h5-8,10-13,21H,3-4,15-16H2,1-2H3,(H,26,30)(H,27,31)(H,28,29). The first-order valence-electron chi connectivity index (χ1n) is 10.5. The van der Waals surface area contributed by atoms with Crippen LogP contribution in [0.5, 0.6) is 0 Å². The highest BCUT2D eigenvalue weighted by molar-refractivity contribution is 5.90. The molecule has 166 valence electrons. The number of carboxylic acid groups (broad SMARTS) is 1. The number of carboxylic acids is 1. The van der Waals surface area contributed by atoms with Gasteiger partial charge in [-0.2, -0.15) is 0 Å². The van der Waals surface area contributed by atoms with Crippen LogP contribution < -0.4 is 10.6 Å². The number of benzene rings is 2. The molecule has 0 aromatic heterocycles. The topological polar surface area (TPSA) is 105 Å². The molecule has 0 atom stereocenters. The lowest BCUT2D eigenvalue weighted by Gasteiger charge is -2.30. The van der Waals surface area contributed by atoms with Crippen molar-refractivity contribution >= 4 is 18.0 Å². The van der Waals surface area contributed by atoms with Gasteiger partial charge >= 0.3 is 12.1 Å². The van der Waals surface area contributed by atoms with Crippen molar-refractivity contribution in [2.45, 2.75) is 38.1 Å². The Balaban J connectivity index is 1.67. The fourth-order valence-corrected chi connectivity index (χ4v) is 4.05. The number of amides is 2. The van der Waals surface area contributed by atoms with Crippen molar-refractivity contribution in [2.75, 3.05) is 13.2 Å². The third kappa shape index (κ3) is 4.75. The summed E-state index contributed by atoms with van der Waals surface area (Å²) in [5.41, 5.74) is 3.31. The second-order valence-corrected chi connectivity index (χ2v) is 7.53. The Morgan fingerprint density at radius 2 is 1.56 bits per heavy atom. The van der Waals surface area contributed by atoms with E-state index >= 15 is 0 Å². The van der Waals surface area contributed by atoms with E-state index in [9.17, 15) is 14.4 Å². The number of fused-ring (bicyclic) bond motifs is 3. The van der Waals surface area contributed by atoms with Gasteiger partial charge in [0.15, 0.2) is 0 Å². The van der Waals surface area contributed by atoms with Crippen molar-refractivity contribution in [3.63, 3.8) is 0 Å². The Bertz CT molecular complexity index is 1030. The molecule has 2 aromatic carbocycles. The van der Waals surface area contributed by atoms with Crippen LogP contribution in [-0.2, 0) is 14.3 Å². The molecule has 0 radical (unpaired) electrons. The van der Waals surface area contributed by atoms with E-state index in [2.05, 4.69) is 28.7 Å². The molecule has 2 aromatic rings. The van der Waals surface area contributed by atoms with Gasteiger partial charge in [0.2, 0.25) is 5.91 Å². The minimum Gasteiger partial charge on any atom is -0.472 e. The van der Waals surface area contributed by atoms with Crippen molar-refractivity contribution in [1.29, 1.82) is 0 Å². The van der Waals surface area contributed by atoms with Crippen LogP contribution in [0.1, 0.15) is 43.7 Å². The molecule has 0 fully saturated rings. The van der Waals surface area contributed by atoms with E-state index in [1.165, 1.54) is 0 Å². The van der Waals surface area contributed by atoms with Crippen molar-refractivity contribution < 1.29 is 24.2 Å². The summed E-state index contributed by atoms with van der Waals surface area (Å²) in [6, 6.07) is 16.1. The largest absolute Gasteiger partial charge is 0.472 e. The highest BCUT2D eigenvalue weighted by Crippen LogP contribution is 2.44. The number of carbonyl (C=O) groups excluding carboxylic acids is 2. The molecule has 1 aliphatic carbocycles. The molecule has 3 rings (SSSR count). The van der Waals surface area contributed by atoms with Gasteiger partial charge in [-0.25, -0.2) is 9.59 Å². The molecule has 0 unspecified atom stereocenters. The van der Waals surface area contributed by atoms with E-state index in [1.807, 2.05) is 42.3 Å². The van der Waals surface area contributed by atoms with Crippen molar-refractivity contribution in [3.8, 4) is 23.0 Å². The normalized spacial score (nSPS) is 12.1. The predicted octanol–water partition coefficient (Wildman–Crippen LogP) is 3.29. The van der Waals surface area contributed by atoms with Crippen LogP contribution in [0.2, 0.25) is 0 Å². The zero-order valence-corrected chi connectivity index (χ0v) is 18.1. The van der Waals surface area contributed by atoms with Crippen molar-refractivity contribution in [3.05, 3.63) is 59.7 Å². The summed E-state index contributed by atoms with van der Waals surface area (Å²) < 4.78 is 5.57. The number of alkyl carbamates (subject to hydrolysis) is 1. The summed E-state index contributed by atoms with van der Waals surface area (Å²) in [6.45, 7) is 3.60. The number of hydrogen-bond acceptors (Lipinski definition) is 4. The maximum atomic E-state index is 12.7. The summed E-state index contributed by atoms with van der Waals surface area (Å²) in [6.07, 6.45) is -0.0000470. The molecule has 2 amide bonds. The third-order valence-corrected chi connectivity index (χ3v) is 5.86. The second kappa shape index (κ2) is 10.0. The monoisotopic (exact) mass is 434 g/mol. The maximum Gasteiger partial charge on any atom is 0.408 e. The molecular weight excluding hydrogens is 408 g/mol. The lowest BCUT2D eigenvalue weighted by molar-refractivity contribution is -0.130. The van der Waals surface area contributed by atoms with Crippen LogP contribution in [0.25, 0.3) is 11.1 Å². The Labute approximate surface area is 187 Å². The molecule has 0 saturated carbocycles. The average Bonchev–Trinajstić information content (AvgIpc) is 3.12. The summed E-state index contributed by atoms with van der Waals surface area (Å²) in [7, 11) is 0. The lowest BCUT2D eigenvalue weighted by Crippen LogP contribution is -2.58. The first kappa shape index (κ1) is 22.9. The van der Waals surface area contributed by atoms with Gasteiger partial charge in [0, 0.05) is 11.8 Å². The van der Waals surface area contributed by atoms with Crippen LogP contribution in [0, 0.1) is 11.8 Å². The smallest absolute Gasteiger partial charge is 0.408 e. The van der Waals surface area contributed by atoms with E-state index in [0.29, 0.717) is 12.8 Å². The van der Waals surface area contributed by atoms with E-state index in [0.717, 1.165) is 22.3 Å². The van der Waals surface area contributed by atoms with Gasteiger partial charge in [-0.1, -0.05) is 68.3 Å². The number of hydrogen-bond donors (Lipinski definition) is 3. The quantitative estimate of drug-likeness (QED) is 0.580. The minimum atomic E-state index is -1.27. The summed E-state index contributed by atoms with van der Waals surface area (Å²) in [5.74, 6) is 2.50. The van der Waals surface area contributed by atoms with Gasteiger partial charge < -0.3 is 20.5 Å². The van der Waals surface area contributed by atoms with Crippen LogP contribution >= 0.6 is 0 Å². The van der Waals surface area contributed by atoms with Gasteiger partial charge in [-0.3, -0.25) is 4.79 Å². The van der Waals surface area contributed by atoms with E-state index in [-0.39, 0.29) is 19.1 Å². The summed E-state index contributed by atoms with van der Waals surface area (Å²) >= 11 is 0. The van der Waals surface area contributed by atoms with E-state index < -0.39 is 23.5 Å². The zero-order chi connectivity index (χ0) is 23.1. The number of aliphatic carboxylic acids is 1. The third-order valence-electron chi connectivity index (χ3n) is 5.86. The fraction of sp³-hybridized carbons (Fsp3) is 0.320. The SMILES string of the molecule is CCC(CC)(NC(=O)OCC1c2ccccc2-c2ccccc21)C(=O)NCC#CC(=O)O. The number of rotatable bonds is 7. The molecule has 7 heteroatoms. The number of ether oxygens (including phenoxy) is 1. The molecule has 7 nitrogen and oxygen atoms in total. The van der Waals surface area contributed by atoms with Crippen LogP contribution in [0.3, 0.4) is 0 Å². The fourth-order valence-electron chi connectivity index (χ4n) is 4.05. The lowest BCUT2D eigenvalue weighted by atomic mass is 9.92. The molecule has 32 heavy (non-hydrogen) atoms. The van der Waals surface area contributed by atoms with Crippen molar-refractivity contribution in [1.82, 2.24) is 10.6 Å². The molecule has 1 aliphatic rings. The molecule has 0 spiro atoms.